The number of hydrogen-bond acceptors (Lipinski definition) is 1. The fourth-order valence-electron chi connectivity index (χ4n) is 13.0. The van der Waals surface area contributed by atoms with Crippen LogP contribution >= 0.6 is 0 Å². The lowest BCUT2D eigenvalue weighted by Gasteiger charge is -2.58. The minimum absolute atomic E-state index is 0.345. The summed E-state index contributed by atoms with van der Waals surface area (Å²) < 4.78 is 0. The topological polar surface area (TPSA) is 37.3 Å². The van der Waals surface area contributed by atoms with Crippen LogP contribution in [-0.4, -0.2) is 11.1 Å². The van der Waals surface area contributed by atoms with E-state index < -0.39 is 5.97 Å². The number of fused-ring (bicyclic) bond motifs is 5. The Morgan fingerprint density at radius 1 is 0.725 bits per heavy atom. The molecule has 0 spiro atoms. The van der Waals surface area contributed by atoms with E-state index >= 15 is 0 Å². The normalized spacial score (nSPS) is 31.5. The molecular formula is C49H88O2. The van der Waals surface area contributed by atoms with Crippen molar-refractivity contribution < 1.29 is 9.90 Å². The Morgan fingerprint density at radius 3 is 1.84 bits per heavy atom. The highest BCUT2D eigenvalue weighted by Crippen LogP contribution is 2.67. The predicted octanol–water partition coefficient (Wildman–Crippen LogP) is 15.8. The van der Waals surface area contributed by atoms with Crippen molar-refractivity contribution in [3.63, 3.8) is 0 Å². The zero-order valence-electron chi connectivity index (χ0n) is 35.3. The first-order chi connectivity index (χ1) is 24.6. The summed E-state index contributed by atoms with van der Waals surface area (Å²) in [4.78, 5) is 10.6. The van der Waals surface area contributed by atoms with Gasteiger partial charge in [-0.2, -0.15) is 0 Å². The summed E-state index contributed by atoms with van der Waals surface area (Å²) in [5, 5.41) is 8.70. The summed E-state index contributed by atoms with van der Waals surface area (Å²) >= 11 is 0. The molecule has 0 bridgehead atoms. The molecule has 296 valence electrons. The lowest BCUT2D eigenvalue weighted by Crippen LogP contribution is -2.50. The summed E-state index contributed by atoms with van der Waals surface area (Å²) in [5.41, 5.74) is 3.03. The molecule has 9 atom stereocenters. The molecule has 0 aromatic carbocycles. The lowest BCUT2D eigenvalue weighted by atomic mass is 9.46. The second-order valence-electron chi connectivity index (χ2n) is 20.0. The first kappa shape index (κ1) is 42.9. The second-order valence-corrected chi connectivity index (χ2v) is 20.0. The van der Waals surface area contributed by atoms with Gasteiger partial charge in [0, 0.05) is 6.42 Å². The Morgan fingerprint density at radius 2 is 1.29 bits per heavy atom. The van der Waals surface area contributed by atoms with Crippen LogP contribution in [0.1, 0.15) is 234 Å². The van der Waals surface area contributed by atoms with Crippen LogP contribution in [0.2, 0.25) is 0 Å². The number of allylic oxidation sites excluding steroid dienone is 2. The van der Waals surface area contributed by atoms with Gasteiger partial charge in [0.25, 0.3) is 0 Å². The van der Waals surface area contributed by atoms with Gasteiger partial charge in [-0.05, 0) is 122 Å². The van der Waals surface area contributed by atoms with Crippen LogP contribution < -0.4 is 0 Å². The van der Waals surface area contributed by atoms with Crippen molar-refractivity contribution in [1.82, 2.24) is 0 Å². The Kier molecular flexibility index (Phi) is 18.5. The van der Waals surface area contributed by atoms with Crippen LogP contribution in [0.4, 0.5) is 0 Å². The molecule has 0 aromatic heterocycles. The lowest BCUT2D eigenvalue weighted by molar-refractivity contribution is -0.137. The molecule has 0 aromatic rings. The average Bonchev–Trinajstić information content (AvgIpc) is 3.46. The third kappa shape index (κ3) is 12.4. The van der Waals surface area contributed by atoms with E-state index in [0.717, 1.165) is 60.2 Å². The van der Waals surface area contributed by atoms with Gasteiger partial charge in [0.1, 0.15) is 0 Å². The predicted molar refractivity (Wildman–Crippen MR) is 221 cm³/mol. The average molecular weight is 709 g/mol. The van der Waals surface area contributed by atoms with Gasteiger partial charge in [-0.3, -0.25) is 4.79 Å². The molecule has 0 radical (unpaired) electrons. The van der Waals surface area contributed by atoms with E-state index in [4.69, 9.17) is 5.11 Å². The number of rotatable bonds is 26. The molecule has 2 heteroatoms. The molecule has 2 nitrogen and oxygen atoms in total. The molecule has 4 aliphatic carbocycles. The Hall–Kier alpha value is -0.790. The molecule has 0 heterocycles. The van der Waals surface area contributed by atoms with Gasteiger partial charge in [0.05, 0.1) is 0 Å². The van der Waals surface area contributed by atoms with Crippen molar-refractivity contribution in [2.45, 2.75) is 234 Å². The Bertz CT molecular complexity index is 1010. The fraction of sp³-hybridized carbons (Fsp3) is 0.939. The van der Waals surface area contributed by atoms with Crippen LogP contribution in [0, 0.1) is 58.2 Å². The van der Waals surface area contributed by atoms with Gasteiger partial charge >= 0.3 is 5.97 Å². The van der Waals surface area contributed by atoms with E-state index in [1.807, 2.05) is 5.57 Å². The number of carboxylic acids is 1. The third-order valence-electron chi connectivity index (χ3n) is 16.4. The second kappa shape index (κ2) is 21.9. The summed E-state index contributed by atoms with van der Waals surface area (Å²) in [6.07, 6.45) is 43.9. The van der Waals surface area contributed by atoms with Gasteiger partial charge in [-0.1, -0.05) is 175 Å². The number of carboxylic acid groups (broad SMARTS) is 1. The number of aliphatic carboxylic acids is 1. The van der Waals surface area contributed by atoms with Crippen LogP contribution in [0.5, 0.6) is 0 Å². The number of unbranched alkanes of at least 4 members (excludes halogenated alkanes) is 16. The molecule has 4 rings (SSSR count). The highest BCUT2D eigenvalue weighted by atomic mass is 16.4. The van der Waals surface area contributed by atoms with Crippen LogP contribution in [0.3, 0.4) is 0 Å². The highest BCUT2D eigenvalue weighted by Gasteiger charge is 2.59. The quantitative estimate of drug-likeness (QED) is 0.0717. The zero-order valence-corrected chi connectivity index (χ0v) is 35.3. The minimum atomic E-state index is -0.646. The van der Waals surface area contributed by atoms with Crippen molar-refractivity contribution >= 4 is 5.97 Å². The number of hydrogen-bond donors (Lipinski definition) is 1. The summed E-state index contributed by atoms with van der Waals surface area (Å²) in [6, 6.07) is 0. The van der Waals surface area contributed by atoms with E-state index in [1.54, 1.807) is 0 Å². The van der Waals surface area contributed by atoms with Crippen LogP contribution in [0.15, 0.2) is 11.6 Å². The maximum Gasteiger partial charge on any atom is 0.303 e. The zero-order chi connectivity index (χ0) is 36.7. The Balaban J connectivity index is 1.04. The van der Waals surface area contributed by atoms with Crippen molar-refractivity contribution in [2.75, 3.05) is 0 Å². The summed E-state index contributed by atoms with van der Waals surface area (Å²) in [7, 11) is 0. The van der Waals surface area contributed by atoms with E-state index in [0.29, 0.717) is 17.3 Å². The molecule has 3 saturated carbocycles. The van der Waals surface area contributed by atoms with Gasteiger partial charge in [-0.15, -0.1) is 0 Å². The van der Waals surface area contributed by atoms with Gasteiger partial charge in [0.2, 0.25) is 0 Å². The molecule has 3 fully saturated rings. The van der Waals surface area contributed by atoms with Crippen LogP contribution in [0.25, 0.3) is 0 Å². The third-order valence-corrected chi connectivity index (χ3v) is 16.4. The summed E-state index contributed by atoms with van der Waals surface area (Å²) in [5.74, 6) is 6.88. The maximum absolute atomic E-state index is 10.6. The molecule has 1 N–H and O–H groups in total. The van der Waals surface area contributed by atoms with Gasteiger partial charge in [-0.25, -0.2) is 0 Å². The SMILES string of the molecule is CC[C@H](CC[C@@H](C)[C@H]1CC[C@H]2[C@@H]3CC=C4C[C@@H](CCCCCCCCCCCCCCCCCCCC(=O)O)CC[C@]4(C)[C@H]3CC[C@]12C)C(C)C. The monoisotopic (exact) mass is 709 g/mol. The summed E-state index contributed by atoms with van der Waals surface area (Å²) in [6.45, 7) is 15.5. The van der Waals surface area contributed by atoms with E-state index in [2.05, 4.69) is 47.6 Å². The van der Waals surface area contributed by atoms with E-state index in [1.165, 1.54) is 173 Å². The van der Waals surface area contributed by atoms with Crippen molar-refractivity contribution in [1.29, 1.82) is 0 Å². The smallest absolute Gasteiger partial charge is 0.303 e. The first-order valence-electron chi connectivity index (χ1n) is 23.5. The molecule has 0 unspecified atom stereocenters. The van der Waals surface area contributed by atoms with Gasteiger partial charge in [0.15, 0.2) is 0 Å². The van der Waals surface area contributed by atoms with Gasteiger partial charge < -0.3 is 5.11 Å². The standard InChI is InChI=1S/C49H88O2/c1-7-41(38(2)3)28-27-39(4)44-31-32-45-43-30-29-42-37-40(33-35-48(42,5)46(43)34-36-49(44,45)6)25-23-21-19-17-15-13-11-9-8-10-12-14-16-18-20-22-24-26-47(50)51/h29,38-41,43-46H,7-28,30-37H2,1-6H3,(H,50,51)/t39-,40+,41-,43+,44-,45+,46+,48+,49-/m1/s1. The molecular weight excluding hydrogens is 621 g/mol. The van der Waals surface area contributed by atoms with Crippen LogP contribution in [-0.2, 0) is 4.79 Å². The van der Waals surface area contributed by atoms with E-state index in [9.17, 15) is 4.79 Å². The molecule has 51 heavy (non-hydrogen) atoms. The largest absolute Gasteiger partial charge is 0.481 e. The Labute approximate surface area is 318 Å². The highest BCUT2D eigenvalue weighted by molar-refractivity contribution is 5.66. The van der Waals surface area contributed by atoms with Crippen molar-refractivity contribution in [3.05, 3.63) is 11.6 Å². The minimum Gasteiger partial charge on any atom is -0.481 e. The van der Waals surface area contributed by atoms with Crippen molar-refractivity contribution in [3.8, 4) is 0 Å². The maximum atomic E-state index is 10.6. The van der Waals surface area contributed by atoms with E-state index in [-0.39, 0.29) is 0 Å². The molecule has 0 aliphatic heterocycles. The molecule has 0 amide bonds. The number of carbonyl (C=O) groups is 1. The van der Waals surface area contributed by atoms with Crippen molar-refractivity contribution in [2.24, 2.45) is 58.2 Å². The molecule has 0 saturated heterocycles. The fourth-order valence-corrected chi connectivity index (χ4v) is 13.0. The first-order valence-corrected chi connectivity index (χ1v) is 23.5. The molecule has 4 aliphatic rings.